The normalized spacial score (nSPS) is 14.9. The van der Waals surface area contributed by atoms with Gasteiger partial charge in [-0.25, -0.2) is 13.2 Å². The van der Waals surface area contributed by atoms with Crippen LogP contribution >= 0.6 is 0 Å². The highest BCUT2D eigenvalue weighted by molar-refractivity contribution is 5.70. The van der Waals surface area contributed by atoms with Gasteiger partial charge in [0, 0.05) is 0 Å². The smallest absolute Gasteiger partial charge is 0.372 e. The monoisotopic (exact) mass is 270 g/mol. The van der Waals surface area contributed by atoms with Gasteiger partial charge in [0.25, 0.3) is 0 Å². The van der Waals surface area contributed by atoms with Crippen LogP contribution in [0.15, 0.2) is 0 Å². The minimum Gasteiger partial charge on any atom is -0.466 e. The van der Waals surface area contributed by atoms with E-state index in [4.69, 9.17) is 0 Å². The summed E-state index contributed by atoms with van der Waals surface area (Å²) in [6.07, 6.45) is -10.2. The van der Waals surface area contributed by atoms with Gasteiger partial charge in [0.1, 0.15) is 0 Å². The van der Waals surface area contributed by atoms with Crippen molar-refractivity contribution in [2.75, 3.05) is 6.61 Å². The second-order valence-electron chi connectivity index (χ2n) is 3.02. The van der Waals surface area contributed by atoms with Gasteiger partial charge >= 0.3 is 24.2 Å². The third-order valence-electron chi connectivity index (χ3n) is 1.76. The van der Waals surface area contributed by atoms with E-state index in [2.05, 4.69) is 4.74 Å². The number of hydrogen-bond donors (Lipinski definition) is 0. The Morgan fingerprint density at radius 3 is 1.94 bits per heavy atom. The Labute approximate surface area is 91.7 Å². The zero-order valence-electron chi connectivity index (χ0n) is 8.53. The minimum absolute atomic E-state index is 0.275. The van der Waals surface area contributed by atoms with Crippen LogP contribution in [0.5, 0.6) is 0 Å². The summed E-state index contributed by atoms with van der Waals surface area (Å²) in [6, 6.07) is 0. The van der Waals surface area contributed by atoms with Crippen LogP contribution in [-0.2, 0) is 9.53 Å². The number of hydrogen-bond acceptors (Lipinski definition) is 2. The molecule has 0 bridgehead atoms. The largest absolute Gasteiger partial charge is 0.466 e. The lowest BCUT2D eigenvalue weighted by Gasteiger charge is -2.27. The van der Waals surface area contributed by atoms with Crippen molar-refractivity contribution in [1.82, 2.24) is 0 Å². The predicted octanol–water partition coefficient (Wildman–Crippen LogP) is 2.81. The van der Waals surface area contributed by atoms with Gasteiger partial charge in [0.15, 0.2) is 6.17 Å². The highest BCUT2D eigenvalue weighted by atomic mass is 19.3. The zero-order chi connectivity index (χ0) is 13.9. The molecule has 17 heavy (non-hydrogen) atoms. The summed E-state index contributed by atoms with van der Waals surface area (Å²) in [5.41, 5.74) is 0. The van der Waals surface area contributed by atoms with Crippen molar-refractivity contribution in [2.24, 2.45) is 0 Å². The molecule has 0 N–H and O–H groups in total. The number of esters is 1. The van der Waals surface area contributed by atoms with Crippen LogP contribution in [0.1, 0.15) is 13.3 Å². The molecule has 1 atom stereocenters. The molecule has 0 aromatic carbocycles. The van der Waals surface area contributed by atoms with Gasteiger partial charge in [-0.15, -0.1) is 0 Å². The first-order chi connectivity index (χ1) is 7.57. The summed E-state index contributed by atoms with van der Waals surface area (Å²) in [4.78, 5) is 10.6. The third-order valence-corrected chi connectivity index (χ3v) is 1.76. The molecule has 0 amide bonds. The van der Waals surface area contributed by atoms with Crippen molar-refractivity contribution in [3.05, 3.63) is 0 Å². The van der Waals surface area contributed by atoms with Crippen molar-refractivity contribution in [2.45, 2.75) is 37.8 Å². The molecule has 102 valence electrons. The Morgan fingerprint density at radius 1 is 1.12 bits per heavy atom. The Kier molecular flexibility index (Phi) is 5.21. The molecule has 1 unspecified atom stereocenters. The number of ether oxygens (including phenoxy) is 1. The van der Waals surface area contributed by atoms with Crippen LogP contribution in [0.2, 0.25) is 0 Å². The summed E-state index contributed by atoms with van der Waals surface area (Å²) in [5.74, 6) is -13.0. The van der Waals surface area contributed by atoms with Crippen molar-refractivity contribution < 1.29 is 40.3 Å². The van der Waals surface area contributed by atoms with Gasteiger partial charge in [-0.05, 0) is 6.92 Å². The topological polar surface area (TPSA) is 26.3 Å². The van der Waals surface area contributed by atoms with Crippen LogP contribution < -0.4 is 0 Å². The fourth-order valence-corrected chi connectivity index (χ4v) is 0.849. The fourth-order valence-electron chi connectivity index (χ4n) is 0.849. The fraction of sp³-hybridized carbons (Fsp3) is 0.875. The standard InChI is InChI=1S/C8H9F7O2/c1-2-17-5(16)3-4(9)7(12,13)8(14,15)6(10)11/h4,6H,2-3H2,1H3. The molecule has 2 nitrogen and oxygen atoms in total. The lowest BCUT2D eigenvalue weighted by Crippen LogP contribution is -2.52. The van der Waals surface area contributed by atoms with Crippen molar-refractivity contribution in [1.29, 1.82) is 0 Å². The second kappa shape index (κ2) is 5.54. The SMILES string of the molecule is CCOC(=O)CC(F)C(F)(F)C(F)(F)C(F)F. The van der Waals surface area contributed by atoms with Crippen molar-refractivity contribution in [3.63, 3.8) is 0 Å². The molecule has 0 aliphatic rings. The summed E-state index contributed by atoms with van der Waals surface area (Å²) >= 11 is 0. The first kappa shape index (κ1) is 16.0. The van der Waals surface area contributed by atoms with Crippen molar-refractivity contribution in [3.8, 4) is 0 Å². The van der Waals surface area contributed by atoms with Gasteiger partial charge in [-0.2, -0.15) is 17.6 Å². The Balaban J connectivity index is 4.76. The van der Waals surface area contributed by atoms with Crippen LogP contribution in [0.3, 0.4) is 0 Å². The highest BCUT2D eigenvalue weighted by Gasteiger charge is 2.67. The number of alkyl halides is 7. The zero-order valence-corrected chi connectivity index (χ0v) is 8.53. The molecule has 0 aliphatic carbocycles. The molecular formula is C8H9F7O2. The molecular weight excluding hydrogens is 261 g/mol. The Bertz CT molecular complexity index is 267. The van der Waals surface area contributed by atoms with E-state index in [-0.39, 0.29) is 6.61 Å². The number of carbonyl (C=O) groups excluding carboxylic acids is 1. The van der Waals surface area contributed by atoms with Gasteiger partial charge in [-0.3, -0.25) is 4.79 Å². The maximum Gasteiger partial charge on any atom is 0.372 e. The molecule has 0 heterocycles. The Hall–Kier alpha value is -1.02. The molecule has 9 heteroatoms. The molecule has 0 aromatic rings. The van der Waals surface area contributed by atoms with Crippen molar-refractivity contribution >= 4 is 5.97 Å². The van der Waals surface area contributed by atoms with Gasteiger partial charge in [-0.1, -0.05) is 0 Å². The number of carbonyl (C=O) groups is 1. The molecule has 0 saturated heterocycles. The van der Waals surface area contributed by atoms with Gasteiger partial charge < -0.3 is 4.74 Å². The lowest BCUT2D eigenvalue weighted by atomic mass is 10.0. The van der Waals surface area contributed by atoms with Crippen LogP contribution in [0, 0.1) is 0 Å². The van der Waals surface area contributed by atoms with E-state index in [0.29, 0.717) is 0 Å². The molecule has 0 spiro atoms. The van der Waals surface area contributed by atoms with E-state index in [1.54, 1.807) is 0 Å². The highest BCUT2D eigenvalue weighted by Crippen LogP contribution is 2.43. The second-order valence-corrected chi connectivity index (χ2v) is 3.02. The van der Waals surface area contributed by atoms with Crippen LogP contribution in [0.25, 0.3) is 0 Å². The average molecular weight is 270 g/mol. The maximum absolute atomic E-state index is 12.7. The summed E-state index contributed by atoms with van der Waals surface area (Å²) < 4.78 is 90.0. The average Bonchev–Trinajstić information content (AvgIpc) is 2.17. The minimum atomic E-state index is -5.85. The first-order valence-electron chi connectivity index (χ1n) is 4.40. The molecule has 0 radical (unpaired) electrons. The molecule has 0 rings (SSSR count). The van der Waals surface area contributed by atoms with E-state index in [1.807, 2.05) is 0 Å². The lowest BCUT2D eigenvalue weighted by molar-refractivity contribution is -0.285. The summed E-state index contributed by atoms with van der Waals surface area (Å²) in [6.45, 7) is 0.999. The van der Waals surface area contributed by atoms with E-state index < -0.39 is 36.8 Å². The molecule has 0 saturated carbocycles. The predicted molar refractivity (Wildman–Crippen MR) is 42.0 cm³/mol. The van der Waals surface area contributed by atoms with Crippen LogP contribution in [-0.4, -0.2) is 37.0 Å². The van der Waals surface area contributed by atoms with Crippen LogP contribution in [0.4, 0.5) is 30.7 Å². The van der Waals surface area contributed by atoms with E-state index >= 15 is 0 Å². The van der Waals surface area contributed by atoms with E-state index in [1.165, 1.54) is 6.92 Å². The maximum atomic E-state index is 12.7. The van der Waals surface area contributed by atoms with Gasteiger partial charge in [0.2, 0.25) is 0 Å². The number of rotatable bonds is 6. The molecule has 0 aliphatic heterocycles. The quantitative estimate of drug-likeness (QED) is 0.548. The number of halogens is 7. The van der Waals surface area contributed by atoms with Gasteiger partial charge in [0.05, 0.1) is 13.0 Å². The molecule has 0 fully saturated rings. The molecule has 0 aromatic heterocycles. The third kappa shape index (κ3) is 3.47. The summed E-state index contributed by atoms with van der Waals surface area (Å²) in [5, 5.41) is 0. The van der Waals surface area contributed by atoms with E-state index in [0.717, 1.165) is 0 Å². The summed E-state index contributed by atoms with van der Waals surface area (Å²) in [7, 11) is 0. The Morgan fingerprint density at radius 2 is 1.59 bits per heavy atom. The van der Waals surface area contributed by atoms with E-state index in [9.17, 15) is 35.5 Å². The first-order valence-corrected chi connectivity index (χ1v) is 4.40.